The van der Waals surface area contributed by atoms with Gasteiger partial charge in [-0.05, 0) is 0 Å². The van der Waals surface area contributed by atoms with Crippen molar-refractivity contribution in [1.82, 2.24) is 0 Å². The third kappa shape index (κ3) is 2.38. The summed E-state index contributed by atoms with van der Waals surface area (Å²) in [6.45, 7) is 0. The van der Waals surface area contributed by atoms with E-state index < -0.39 is 12.6 Å². The first kappa shape index (κ1) is 9.36. The van der Waals surface area contributed by atoms with Gasteiger partial charge in [0.15, 0.2) is 25.2 Å². The van der Waals surface area contributed by atoms with Crippen LogP contribution in [-0.2, 0) is 14.2 Å². The second kappa shape index (κ2) is 3.89. The van der Waals surface area contributed by atoms with Crippen molar-refractivity contribution in [2.24, 2.45) is 0 Å². The molecule has 2 fully saturated rings. The van der Waals surface area contributed by atoms with Gasteiger partial charge in [-0.2, -0.15) is 0 Å². The standard InChI is InChI=1S/C8H14O5/c9-5-1-3-7(11-5)13-8-4-2-6(10)12-8/h5-10H,1-4H2. The fraction of sp³-hybridized carbons (Fsp3) is 1.00. The molecule has 2 saturated heterocycles. The van der Waals surface area contributed by atoms with Crippen LogP contribution in [0.3, 0.4) is 0 Å². The van der Waals surface area contributed by atoms with E-state index in [-0.39, 0.29) is 12.6 Å². The van der Waals surface area contributed by atoms with Gasteiger partial charge in [-0.3, -0.25) is 0 Å². The molecule has 5 heteroatoms. The van der Waals surface area contributed by atoms with Crippen molar-refractivity contribution in [2.75, 3.05) is 0 Å². The van der Waals surface area contributed by atoms with Gasteiger partial charge in [0.2, 0.25) is 0 Å². The van der Waals surface area contributed by atoms with Crippen LogP contribution in [-0.4, -0.2) is 35.4 Å². The second-order valence-corrected chi connectivity index (χ2v) is 3.33. The zero-order chi connectivity index (χ0) is 9.26. The van der Waals surface area contributed by atoms with Gasteiger partial charge < -0.3 is 24.4 Å². The molecule has 4 atom stereocenters. The summed E-state index contributed by atoms with van der Waals surface area (Å²) in [7, 11) is 0. The van der Waals surface area contributed by atoms with E-state index in [1.54, 1.807) is 0 Å². The van der Waals surface area contributed by atoms with Crippen LogP contribution in [0, 0.1) is 0 Å². The Labute approximate surface area is 76.2 Å². The lowest BCUT2D eigenvalue weighted by atomic mass is 10.3. The first-order valence-electron chi connectivity index (χ1n) is 4.56. The van der Waals surface area contributed by atoms with Crippen LogP contribution in [0.15, 0.2) is 0 Å². The molecule has 0 aromatic rings. The first-order chi connectivity index (χ1) is 6.24. The number of aliphatic hydroxyl groups excluding tert-OH is 2. The predicted molar refractivity (Wildman–Crippen MR) is 41.3 cm³/mol. The normalized spacial score (nSPS) is 45.7. The summed E-state index contributed by atoms with van der Waals surface area (Å²) in [5, 5.41) is 18.1. The molecular formula is C8H14O5. The number of rotatable bonds is 2. The molecule has 0 spiro atoms. The molecule has 2 rings (SSSR count). The molecule has 2 aliphatic heterocycles. The van der Waals surface area contributed by atoms with Gasteiger partial charge in [0.25, 0.3) is 0 Å². The Morgan fingerprint density at radius 2 is 1.31 bits per heavy atom. The van der Waals surface area contributed by atoms with Gasteiger partial charge in [-0.1, -0.05) is 0 Å². The molecule has 0 amide bonds. The van der Waals surface area contributed by atoms with Crippen LogP contribution in [0.1, 0.15) is 25.7 Å². The molecule has 0 aliphatic carbocycles. The summed E-state index contributed by atoms with van der Waals surface area (Å²) in [5.41, 5.74) is 0. The molecule has 2 heterocycles. The maximum atomic E-state index is 9.03. The van der Waals surface area contributed by atoms with Crippen molar-refractivity contribution in [3.05, 3.63) is 0 Å². The molecule has 0 aromatic heterocycles. The Hall–Kier alpha value is -0.200. The minimum absolute atomic E-state index is 0.384. The van der Waals surface area contributed by atoms with Crippen LogP contribution >= 0.6 is 0 Å². The van der Waals surface area contributed by atoms with E-state index in [0.717, 1.165) is 0 Å². The number of hydrogen-bond acceptors (Lipinski definition) is 5. The Bertz CT molecular complexity index is 156. The number of ether oxygens (including phenoxy) is 3. The molecule has 0 aromatic carbocycles. The van der Waals surface area contributed by atoms with Crippen LogP contribution < -0.4 is 0 Å². The predicted octanol–water partition coefficient (Wildman–Crippen LogP) is -0.0872. The van der Waals surface area contributed by atoms with Crippen LogP contribution in [0.5, 0.6) is 0 Å². The van der Waals surface area contributed by atoms with Crippen molar-refractivity contribution >= 4 is 0 Å². The maximum Gasteiger partial charge on any atom is 0.164 e. The summed E-state index contributed by atoms with van der Waals surface area (Å²) >= 11 is 0. The van der Waals surface area contributed by atoms with E-state index in [9.17, 15) is 0 Å². The lowest BCUT2D eigenvalue weighted by Crippen LogP contribution is -2.22. The lowest BCUT2D eigenvalue weighted by molar-refractivity contribution is -0.268. The molecule has 2 aliphatic rings. The molecular weight excluding hydrogens is 176 g/mol. The Kier molecular flexibility index (Phi) is 2.80. The largest absolute Gasteiger partial charge is 0.368 e. The third-order valence-electron chi connectivity index (χ3n) is 2.22. The number of aliphatic hydroxyl groups is 2. The molecule has 2 N–H and O–H groups in total. The van der Waals surface area contributed by atoms with E-state index in [4.69, 9.17) is 24.4 Å². The zero-order valence-electron chi connectivity index (χ0n) is 7.26. The minimum atomic E-state index is -0.712. The van der Waals surface area contributed by atoms with Crippen LogP contribution in [0.4, 0.5) is 0 Å². The van der Waals surface area contributed by atoms with E-state index in [1.165, 1.54) is 0 Å². The summed E-state index contributed by atoms with van der Waals surface area (Å²) in [6.07, 6.45) is 0.358. The van der Waals surface area contributed by atoms with Crippen LogP contribution in [0.25, 0.3) is 0 Å². The van der Waals surface area contributed by atoms with Crippen LogP contribution in [0.2, 0.25) is 0 Å². The maximum absolute atomic E-state index is 9.03. The first-order valence-corrected chi connectivity index (χ1v) is 4.56. The third-order valence-corrected chi connectivity index (χ3v) is 2.22. The molecule has 76 valence electrons. The summed E-state index contributed by atoms with van der Waals surface area (Å²) < 4.78 is 15.4. The van der Waals surface area contributed by atoms with E-state index >= 15 is 0 Å². The average molecular weight is 190 g/mol. The smallest absolute Gasteiger partial charge is 0.164 e. The molecule has 13 heavy (non-hydrogen) atoms. The topological polar surface area (TPSA) is 68.2 Å². The average Bonchev–Trinajstić information content (AvgIpc) is 2.62. The van der Waals surface area contributed by atoms with Crippen molar-refractivity contribution in [2.45, 2.75) is 50.8 Å². The van der Waals surface area contributed by atoms with Gasteiger partial charge in [0.1, 0.15) is 0 Å². The van der Waals surface area contributed by atoms with Gasteiger partial charge in [0.05, 0.1) is 0 Å². The Morgan fingerprint density at radius 3 is 1.62 bits per heavy atom. The highest BCUT2D eigenvalue weighted by atomic mass is 16.8. The fourth-order valence-corrected chi connectivity index (χ4v) is 1.55. The SMILES string of the molecule is OC1CCC(OC2CCC(O)O2)O1. The highest BCUT2D eigenvalue weighted by Crippen LogP contribution is 2.25. The summed E-state index contributed by atoms with van der Waals surface area (Å²) in [4.78, 5) is 0. The van der Waals surface area contributed by atoms with Gasteiger partial charge in [-0.15, -0.1) is 0 Å². The Morgan fingerprint density at radius 1 is 0.846 bits per heavy atom. The van der Waals surface area contributed by atoms with E-state index in [0.29, 0.717) is 25.7 Å². The molecule has 5 nitrogen and oxygen atoms in total. The van der Waals surface area contributed by atoms with E-state index in [1.807, 2.05) is 0 Å². The van der Waals surface area contributed by atoms with Crippen molar-refractivity contribution in [3.8, 4) is 0 Å². The highest BCUT2D eigenvalue weighted by Gasteiger charge is 2.31. The lowest BCUT2D eigenvalue weighted by Gasteiger charge is -2.17. The van der Waals surface area contributed by atoms with Crippen molar-refractivity contribution < 1.29 is 24.4 Å². The monoisotopic (exact) mass is 190 g/mol. The van der Waals surface area contributed by atoms with Gasteiger partial charge in [0, 0.05) is 25.7 Å². The van der Waals surface area contributed by atoms with Crippen molar-refractivity contribution in [1.29, 1.82) is 0 Å². The number of hydrogen-bond donors (Lipinski definition) is 2. The van der Waals surface area contributed by atoms with Gasteiger partial charge >= 0.3 is 0 Å². The molecule has 0 radical (unpaired) electrons. The quantitative estimate of drug-likeness (QED) is 0.637. The van der Waals surface area contributed by atoms with Gasteiger partial charge in [-0.25, -0.2) is 0 Å². The molecule has 0 saturated carbocycles. The fourth-order valence-electron chi connectivity index (χ4n) is 1.55. The molecule has 4 unspecified atom stereocenters. The zero-order valence-corrected chi connectivity index (χ0v) is 7.26. The minimum Gasteiger partial charge on any atom is -0.368 e. The summed E-state index contributed by atoms with van der Waals surface area (Å²) in [5.74, 6) is 0. The van der Waals surface area contributed by atoms with E-state index in [2.05, 4.69) is 0 Å². The second-order valence-electron chi connectivity index (χ2n) is 3.33. The highest BCUT2D eigenvalue weighted by molar-refractivity contribution is 4.63. The summed E-state index contributed by atoms with van der Waals surface area (Å²) in [6, 6.07) is 0. The van der Waals surface area contributed by atoms with Crippen molar-refractivity contribution in [3.63, 3.8) is 0 Å². The molecule has 0 bridgehead atoms. The Balaban J connectivity index is 1.72.